The molecule has 0 atom stereocenters. The van der Waals surface area contributed by atoms with Gasteiger partial charge >= 0.3 is 0 Å². The molecule has 22 heavy (non-hydrogen) atoms. The van der Waals surface area contributed by atoms with Crippen molar-refractivity contribution in [3.05, 3.63) is 47.3 Å². The summed E-state index contributed by atoms with van der Waals surface area (Å²) in [5, 5.41) is 5.08. The maximum Gasteiger partial charge on any atom is 0.160 e. The van der Waals surface area contributed by atoms with Crippen LogP contribution in [0.4, 0.5) is 0 Å². The number of imidazole rings is 1. The van der Waals surface area contributed by atoms with Gasteiger partial charge in [0.2, 0.25) is 0 Å². The van der Waals surface area contributed by atoms with Crippen LogP contribution >= 0.6 is 11.6 Å². The van der Waals surface area contributed by atoms with Gasteiger partial charge in [0.1, 0.15) is 6.33 Å². The fourth-order valence-electron chi connectivity index (χ4n) is 3.18. The Labute approximate surface area is 132 Å². The normalized spacial score (nSPS) is 15.9. The van der Waals surface area contributed by atoms with Crippen LogP contribution in [-0.4, -0.2) is 24.3 Å². The minimum Gasteiger partial charge on any atom is -0.300 e. The lowest BCUT2D eigenvalue weighted by atomic mass is 10.1. The minimum absolute atomic E-state index is 0.698. The first-order valence-electron chi connectivity index (χ1n) is 7.53. The van der Waals surface area contributed by atoms with Crippen LogP contribution in [-0.2, 0) is 13.0 Å². The number of rotatable bonds is 2. The highest BCUT2D eigenvalue weighted by Crippen LogP contribution is 2.36. The number of halogens is 1. The number of benzene rings is 1. The lowest BCUT2D eigenvalue weighted by Crippen LogP contribution is -2.07. The second-order valence-electron chi connectivity index (χ2n) is 6.06. The van der Waals surface area contributed by atoms with Gasteiger partial charge in [-0.3, -0.25) is 0 Å². The smallest absolute Gasteiger partial charge is 0.160 e. The lowest BCUT2D eigenvalue weighted by Gasteiger charge is -2.09. The number of nitrogens with zero attached hydrogens (tertiary/aromatic N) is 5. The van der Waals surface area contributed by atoms with E-state index in [0.717, 1.165) is 29.4 Å². The minimum atomic E-state index is 0.698. The maximum atomic E-state index is 6.19. The van der Waals surface area contributed by atoms with E-state index in [4.69, 9.17) is 11.6 Å². The van der Waals surface area contributed by atoms with E-state index in [1.807, 2.05) is 29.2 Å². The SMILES string of the molecule is Clc1ccc2c(c1)-c1ncnn1Cc1c(CC3CC3)ncn1-2. The van der Waals surface area contributed by atoms with E-state index in [1.54, 1.807) is 6.33 Å². The second-order valence-corrected chi connectivity index (χ2v) is 6.49. The molecule has 0 bridgehead atoms. The summed E-state index contributed by atoms with van der Waals surface area (Å²) in [4.78, 5) is 9.09. The molecule has 1 saturated carbocycles. The van der Waals surface area contributed by atoms with Crippen LogP contribution in [0.25, 0.3) is 17.1 Å². The van der Waals surface area contributed by atoms with Crippen molar-refractivity contribution in [1.82, 2.24) is 24.3 Å². The average molecular weight is 312 g/mol. The first-order valence-corrected chi connectivity index (χ1v) is 7.90. The summed E-state index contributed by atoms with van der Waals surface area (Å²) >= 11 is 6.19. The lowest BCUT2D eigenvalue weighted by molar-refractivity contribution is 0.664. The summed E-state index contributed by atoms with van der Waals surface area (Å²) < 4.78 is 4.10. The van der Waals surface area contributed by atoms with Gasteiger partial charge in [-0.2, -0.15) is 5.10 Å². The summed E-state index contributed by atoms with van der Waals surface area (Å²) in [6.07, 6.45) is 7.24. The average Bonchev–Trinajstić information content (AvgIpc) is 3.10. The van der Waals surface area contributed by atoms with Crippen molar-refractivity contribution in [2.75, 3.05) is 0 Å². The summed E-state index contributed by atoms with van der Waals surface area (Å²) in [5.74, 6) is 1.67. The molecule has 5 rings (SSSR count). The fourth-order valence-corrected chi connectivity index (χ4v) is 3.35. The van der Waals surface area contributed by atoms with Crippen molar-refractivity contribution >= 4 is 11.6 Å². The van der Waals surface area contributed by atoms with Gasteiger partial charge in [0.25, 0.3) is 0 Å². The highest BCUT2D eigenvalue weighted by molar-refractivity contribution is 6.31. The Morgan fingerprint density at radius 2 is 2.14 bits per heavy atom. The van der Waals surface area contributed by atoms with Crippen molar-refractivity contribution in [3.8, 4) is 17.1 Å². The van der Waals surface area contributed by atoms with Gasteiger partial charge in [0.15, 0.2) is 5.82 Å². The van der Waals surface area contributed by atoms with Crippen LogP contribution in [0.15, 0.2) is 30.9 Å². The molecule has 1 aromatic carbocycles. The van der Waals surface area contributed by atoms with Crippen molar-refractivity contribution in [2.45, 2.75) is 25.8 Å². The third-order valence-electron chi connectivity index (χ3n) is 4.51. The number of aromatic nitrogens is 5. The molecule has 1 aliphatic heterocycles. The van der Waals surface area contributed by atoms with Crippen LogP contribution in [0, 0.1) is 5.92 Å². The molecule has 1 aliphatic carbocycles. The Morgan fingerprint density at radius 1 is 1.23 bits per heavy atom. The van der Waals surface area contributed by atoms with Crippen LogP contribution < -0.4 is 0 Å². The van der Waals surface area contributed by atoms with E-state index in [1.165, 1.54) is 24.2 Å². The van der Waals surface area contributed by atoms with Gasteiger partial charge in [-0.1, -0.05) is 11.6 Å². The van der Waals surface area contributed by atoms with Crippen LogP contribution in [0.5, 0.6) is 0 Å². The van der Waals surface area contributed by atoms with Gasteiger partial charge < -0.3 is 4.57 Å². The molecule has 0 N–H and O–H groups in total. The molecule has 0 saturated heterocycles. The fraction of sp³-hybridized carbons (Fsp3) is 0.312. The van der Waals surface area contributed by atoms with E-state index in [-0.39, 0.29) is 0 Å². The first-order chi connectivity index (χ1) is 10.8. The van der Waals surface area contributed by atoms with Crippen molar-refractivity contribution in [3.63, 3.8) is 0 Å². The number of hydrogen-bond acceptors (Lipinski definition) is 3. The highest BCUT2D eigenvalue weighted by atomic mass is 35.5. The summed E-state index contributed by atoms with van der Waals surface area (Å²) in [5.41, 5.74) is 4.46. The zero-order chi connectivity index (χ0) is 14.7. The van der Waals surface area contributed by atoms with Gasteiger partial charge in [-0.15, -0.1) is 0 Å². The Balaban J connectivity index is 1.76. The second kappa shape index (κ2) is 4.43. The van der Waals surface area contributed by atoms with Crippen LogP contribution in [0.2, 0.25) is 5.02 Å². The van der Waals surface area contributed by atoms with E-state index in [9.17, 15) is 0 Å². The van der Waals surface area contributed by atoms with Crippen molar-refractivity contribution in [1.29, 1.82) is 0 Å². The predicted octanol–water partition coefficient (Wildman–Crippen LogP) is 3.10. The molecule has 5 nitrogen and oxygen atoms in total. The zero-order valence-electron chi connectivity index (χ0n) is 11.9. The Kier molecular flexibility index (Phi) is 2.50. The Bertz CT molecular complexity index is 875. The third-order valence-corrected chi connectivity index (χ3v) is 4.74. The molecular weight excluding hydrogens is 298 g/mol. The molecule has 2 aromatic heterocycles. The summed E-state index contributed by atoms with van der Waals surface area (Å²) in [6.45, 7) is 0.698. The van der Waals surface area contributed by atoms with Gasteiger partial charge in [-0.25, -0.2) is 14.6 Å². The Hall–Kier alpha value is -2.14. The first kappa shape index (κ1) is 12.4. The van der Waals surface area contributed by atoms with Crippen molar-refractivity contribution in [2.24, 2.45) is 5.92 Å². The summed E-state index contributed by atoms with van der Waals surface area (Å²) in [7, 11) is 0. The van der Waals surface area contributed by atoms with E-state index < -0.39 is 0 Å². The van der Waals surface area contributed by atoms with E-state index >= 15 is 0 Å². The molecule has 2 aliphatic rings. The molecule has 1 fully saturated rings. The highest BCUT2D eigenvalue weighted by Gasteiger charge is 2.28. The zero-order valence-corrected chi connectivity index (χ0v) is 12.7. The molecule has 6 heteroatoms. The topological polar surface area (TPSA) is 48.5 Å². The molecule has 0 spiro atoms. The van der Waals surface area contributed by atoms with E-state index in [2.05, 4.69) is 19.6 Å². The molecule has 3 heterocycles. The van der Waals surface area contributed by atoms with Gasteiger partial charge in [0.05, 0.1) is 29.9 Å². The molecular formula is C16H14ClN5. The predicted molar refractivity (Wildman–Crippen MR) is 83.1 cm³/mol. The molecule has 110 valence electrons. The number of fused-ring (bicyclic) bond motifs is 5. The quantitative estimate of drug-likeness (QED) is 0.571. The third kappa shape index (κ3) is 1.82. The molecule has 0 unspecified atom stereocenters. The van der Waals surface area contributed by atoms with Crippen LogP contribution in [0.3, 0.4) is 0 Å². The molecule has 0 radical (unpaired) electrons. The van der Waals surface area contributed by atoms with Crippen molar-refractivity contribution < 1.29 is 0 Å². The maximum absolute atomic E-state index is 6.19. The standard InChI is InChI=1S/C16H14ClN5/c17-11-3-4-14-12(6-11)16-18-8-20-22(16)7-15-13(5-10-1-2-10)19-9-21(14)15/h3-4,6,8-10H,1-2,5,7H2. The van der Waals surface area contributed by atoms with Gasteiger partial charge in [-0.05, 0) is 43.4 Å². The monoisotopic (exact) mass is 311 g/mol. The Morgan fingerprint density at radius 3 is 3.00 bits per heavy atom. The molecule has 0 amide bonds. The number of hydrogen-bond donors (Lipinski definition) is 0. The molecule has 3 aromatic rings. The van der Waals surface area contributed by atoms with Crippen LogP contribution in [0.1, 0.15) is 24.2 Å². The summed E-state index contributed by atoms with van der Waals surface area (Å²) in [6, 6.07) is 5.90. The van der Waals surface area contributed by atoms with Gasteiger partial charge in [0, 0.05) is 10.6 Å². The largest absolute Gasteiger partial charge is 0.300 e. The van der Waals surface area contributed by atoms with E-state index in [0.29, 0.717) is 11.6 Å².